The van der Waals surface area contributed by atoms with Gasteiger partial charge < -0.3 is 9.26 Å². The summed E-state index contributed by atoms with van der Waals surface area (Å²) in [5, 5.41) is 3.49. The lowest BCUT2D eigenvalue weighted by Gasteiger charge is -1.89. The molecule has 0 spiro atoms. The Kier molecular flexibility index (Phi) is 2.91. The molecule has 0 N–H and O–H groups in total. The van der Waals surface area contributed by atoms with Gasteiger partial charge in [-0.25, -0.2) is 4.79 Å². The second-order valence-corrected chi connectivity index (χ2v) is 1.86. The summed E-state index contributed by atoms with van der Waals surface area (Å²) >= 11 is 0. The SMILES string of the molecule is CCOC(=O)C#Cc1ccon1. The van der Waals surface area contributed by atoms with Crippen LogP contribution in [0.2, 0.25) is 0 Å². The van der Waals surface area contributed by atoms with Crippen LogP contribution < -0.4 is 0 Å². The average Bonchev–Trinajstić information content (AvgIpc) is 2.53. The van der Waals surface area contributed by atoms with Gasteiger partial charge in [-0.1, -0.05) is 5.16 Å². The number of aromatic nitrogens is 1. The third kappa shape index (κ3) is 2.46. The summed E-state index contributed by atoms with van der Waals surface area (Å²) in [6.45, 7) is 2.04. The lowest BCUT2D eigenvalue weighted by molar-refractivity contribution is -0.136. The van der Waals surface area contributed by atoms with Gasteiger partial charge in [-0.15, -0.1) is 0 Å². The zero-order valence-corrected chi connectivity index (χ0v) is 6.53. The number of carbonyl (C=O) groups excluding carboxylic acids is 1. The first kappa shape index (κ1) is 8.34. The molecule has 0 unspecified atom stereocenters. The van der Waals surface area contributed by atoms with Crippen molar-refractivity contribution in [2.24, 2.45) is 0 Å². The molecule has 4 heteroatoms. The summed E-state index contributed by atoms with van der Waals surface area (Å²) in [5.74, 6) is 4.18. The Morgan fingerprint density at radius 3 is 3.25 bits per heavy atom. The molecule has 4 nitrogen and oxygen atoms in total. The molecule has 0 fully saturated rings. The molecule has 0 amide bonds. The topological polar surface area (TPSA) is 52.3 Å². The van der Waals surface area contributed by atoms with Crippen LogP contribution >= 0.6 is 0 Å². The van der Waals surface area contributed by atoms with E-state index in [1.807, 2.05) is 0 Å². The van der Waals surface area contributed by atoms with Gasteiger partial charge in [-0.3, -0.25) is 0 Å². The minimum absolute atomic E-state index is 0.326. The summed E-state index contributed by atoms with van der Waals surface area (Å²) in [6, 6.07) is 1.56. The standard InChI is InChI=1S/C8H7NO3/c1-2-11-8(10)4-3-7-5-6-12-9-7/h5-6H,2H2,1H3. The molecule has 1 aromatic rings. The first-order chi connectivity index (χ1) is 5.83. The van der Waals surface area contributed by atoms with E-state index in [9.17, 15) is 4.79 Å². The monoisotopic (exact) mass is 165 g/mol. The van der Waals surface area contributed by atoms with Crippen molar-refractivity contribution >= 4 is 5.97 Å². The normalized spacial score (nSPS) is 8.42. The highest BCUT2D eigenvalue weighted by molar-refractivity contribution is 5.88. The second kappa shape index (κ2) is 4.19. The summed E-state index contributed by atoms with van der Waals surface area (Å²) in [7, 11) is 0. The maximum Gasteiger partial charge on any atom is 0.384 e. The van der Waals surface area contributed by atoms with Crippen molar-refractivity contribution < 1.29 is 14.1 Å². The first-order valence-corrected chi connectivity index (χ1v) is 3.42. The minimum atomic E-state index is -0.555. The smallest absolute Gasteiger partial charge is 0.384 e. The lowest BCUT2D eigenvalue weighted by Crippen LogP contribution is -1.99. The van der Waals surface area contributed by atoms with Gasteiger partial charge in [0.15, 0.2) is 5.69 Å². The number of nitrogens with zero attached hydrogens (tertiary/aromatic N) is 1. The molecule has 0 radical (unpaired) electrons. The van der Waals surface area contributed by atoms with E-state index in [0.29, 0.717) is 12.3 Å². The fourth-order valence-electron chi connectivity index (χ4n) is 0.559. The fraction of sp³-hybridized carbons (Fsp3) is 0.250. The highest BCUT2D eigenvalue weighted by Crippen LogP contribution is 1.89. The molecule has 0 aliphatic heterocycles. The van der Waals surface area contributed by atoms with Gasteiger partial charge in [-0.05, 0) is 12.8 Å². The zero-order chi connectivity index (χ0) is 8.81. The van der Waals surface area contributed by atoms with E-state index in [4.69, 9.17) is 0 Å². The molecule has 62 valence electrons. The molecule has 0 aliphatic carbocycles. The molecule has 0 aliphatic rings. The zero-order valence-electron chi connectivity index (χ0n) is 6.53. The molecule has 0 saturated carbocycles. The largest absolute Gasteiger partial charge is 0.456 e. The van der Waals surface area contributed by atoms with E-state index < -0.39 is 5.97 Å². The highest BCUT2D eigenvalue weighted by Gasteiger charge is 1.93. The van der Waals surface area contributed by atoms with Gasteiger partial charge in [0, 0.05) is 12.0 Å². The van der Waals surface area contributed by atoms with Gasteiger partial charge in [0.05, 0.1) is 6.61 Å². The molecular formula is C8H7NO3. The van der Waals surface area contributed by atoms with Gasteiger partial charge in [-0.2, -0.15) is 0 Å². The van der Waals surface area contributed by atoms with E-state index in [2.05, 4.69) is 26.3 Å². The van der Waals surface area contributed by atoms with E-state index in [1.54, 1.807) is 13.0 Å². The Labute approximate surface area is 69.5 Å². The third-order valence-electron chi connectivity index (χ3n) is 1.01. The van der Waals surface area contributed by atoms with Crippen molar-refractivity contribution in [1.29, 1.82) is 0 Å². The van der Waals surface area contributed by atoms with Crippen molar-refractivity contribution in [3.8, 4) is 11.8 Å². The second-order valence-electron chi connectivity index (χ2n) is 1.86. The van der Waals surface area contributed by atoms with Crippen molar-refractivity contribution in [1.82, 2.24) is 5.16 Å². The summed E-state index contributed by atoms with van der Waals surface area (Å²) in [6.07, 6.45) is 1.38. The van der Waals surface area contributed by atoms with Crippen LogP contribution in [0.1, 0.15) is 12.6 Å². The van der Waals surface area contributed by atoms with Crippen LogP contribution in [0.3, 0.4) is 0 Å². The highest BCUT2D eigenvalue weighted by atomic mass is 16.5. The van der Waals surface area contributed by atoms with Gasteiger partial charge in [0.25, 0.3) is 0 Å². The molecule has 1 rings (SSSR count). The molecule has 0 saturated heterocycles. The number of hydrogen-bond donors (Lipinski definition) is 0. The predicted molar refractivity (Wildman–Crippen MR) is 40.0 cm³/mol. The van der Waals surface area contributed by atoms with Crippen molar-refractivity contribution in [2.45, 2.75) is 6.92 Å². The molecule has 1 heterocycles. The van der Waals surface area contributed by atoms with E-state index in [0.717, 1.165) is 0 Å². The van der Waals surface area contributed by atoms with Crippen LogP contribution in [0.5, 0.6) is 0 Å². The van der Waals surface area contributed by atoms with Crippen LogP contribution in [0.15, 0.2) is 16.9 Å². The summed E-state index contributed by atoms with van der Waals surface area (Å²) in [4.78, 5) is 10.7. The Bertz CT molecular complexity index is 305. The van der Waals surface area contributed by atoms with Crippen LogP contribution in [0, 0.1) is 11.8 Å². The average molecular weight is 165 g/mol. The summed E-state index contributed by atoms with van der Waals surface area (Å²) in [5.41, 5.74) is 0.419. The quantitative estimate of drug-likeness (QED) is 0.451. The number of carbonyl (C=O) groups is 1. The molecule has 1 aromatic heterocycles. The molecule has 0 bridgehead atoms. The maximum absolute atomic E-state index is 10.7. The van der Waals surface area contributed by atoms with Crippen LogP contribution in [0.25, 0.3) is 0 Å². The lowest BCUT2D eigenvalue weighted by atomic mass is 10.4. The minimum Gasteiger partial charge on any atom is -0.456 e. The fourth-order valence-corrected chi connectivity index (χ4v) is 0.559. The molecule has 12 heavy (non-hydrogen) atoms. The number of esters is 1. The number of hydrogen-bond acceptors (Lipinski definition) is 4. The van der Waals surface area contributed by atoms with Gasteiger partial charge in [0.1, 0.15) is 6.26 Å². The van der Waals surface area contributed by atoms with Gasteiger partial charge >= 0.3 is 5.97 Å². The first-order valence-electron chi connectivity index (χ1n) is 3.42. The Morgan fingerprint density at radius 2 is 2.67 bits per heavy atom. The van der Waals surface area contributed by atoms with Crippen molar-refractivity contribution in [3.05, 3.63) is 18.0 Å². The third-order valence-corrected chi connectivity index (χ3v) is 1.01. The van der Waals surface area contributed by atoms with Gasteiger partial charge in [0.2, 0.25) is 0 Å². The van der Waals surface area contributed by atoms with E-state index in [1.165, 1.54) is 6.26 Å². The Balaban J connectivity index is 2.54. The van der Waals surface area contributed by atoms with Crippen molar-refractivity contribution in [2.75, 3.05) is 6.61 Å². The number of rotatable bonds is 1. The van der Waals surface area contributed by atoms with Crippen molar-refractivity contribution in [3.63, 3.8) is 0 Å². The van der Waals surface area contributed by atoms with E-state index >= 15 is 0 Å². The van der Waals surface area contributed by atoms with Crippen LogP contribution in [-0.2, 0) is 9.53 Å². The Hall–Kier alpha value is -1.76. The molecule has 0 aromatic carbocycles. The molecular weight excluding hydrogens is 158 g/mol. The summed E-state index contributed by atoms with van der Waals surface area (Å²) < 4.78 is 9.07. The number of ether oxygens (including phenoxy) is 1. The maximum atomic E-state index is 10.7. The molecule has 0 atom stereocenters. The van der Waals surface area contributed by atoms with E-state index in [-0.39, 0.29) is 0 Å². The van der Waals surface area contributed by atoms with Crippen LogP contribution in [0.4, 0.5) is 0 Å². The van der Waals surface area contributed by atoms with Crippen LogP contribution in [-0.4, -0.2) is 17.7 Å². The predicted octanol–water partition coefficient (Wildman–Crippen LogP) is 0.589. The Morgan fingerprint density at radius 1 is 1.83 bits per heavy atom.